The van der Waals surface area contributed by atoms with Gasteiger partial charge >= 0.3 is 0 Å². The maximum Gasteiger partial charge on any atom is 0.121 e. The van der Waals surface area contributed by atoms with E-state index >= 15 is 0 Å². The van der Waals surface area contributed by atoms with E-state index in [1.165, 1.54) is 0 Å². The number of nitrogens with zero attached hydrogens (tertiary/aromatic N) is 2. The third kappa shape index (κ3) is 2.10. The molecule has 0 saturated carbocycles. The normalized spacial score (nSPS) is 10.8. The van der Waals surface area contributed by atoms with Crippen LogP contribution in [0.3, 0.4) is 0 Å². The Kier molecular flexibility index (Phi) is 2.87. The van der Waals surface area contributed by atoms with E-state index in [2.05, 4.69) is 4.98 Å². The van der Waals surface area contributed by atoms with E-state index < -0.39 is 0 Å². The highest BCUT2D eigenvalue weighted by Crippen LogP contribution is 2.19. The summed E-state index contributed by atoms with van der Waals surface area (Å²) < 4.78 is 7.52. The molecule has 0 fully saturated rings. The molecule has 0 amide bonds. The number of nitrogens with two attached hydrogens (primary N) is 1. The average Bonchev–Trinajstić information content (AvgIpc) is 2.61. The second-order valence-electron chi connectivity index (χ2n) is 3.50. The second-order valence-corrected chi connectivity index (χ2v) is 3.50. The molecule has 0 atom stereocenters. The Morgan fingerprint density at radius 2 is 2.33 bits per heavy atom. The summed E-state index contributed by atoms with van der Waals surface area (Å²) >= 11 is 0. The topological polar surface area (TPSA) is 53.1 Å². The lowest BCUT2D eigenvalue weighted by Crippen LogP contribution is -2.05. The fourth-order valence-corrected chi connectivity index (χ4v) is 1.48. The Morgan fingerprint density at radius 1 is 1.47 bits per heavy atom. The van der Waals surface area contributed by atoms with Gasteiger partial charge in [0, 0.05) is 13.1 Å². The number of imidazole rings is 1. The Balaban J connectivity index is 2.16. The van der Waals surface area contributed by atoms with Crippen molar-refractivity contribution in [3.8, 4) is 5.75 Å². The molecule has 0 radical (unpaired) electrons. The number of ether oxygens (including phenoxy) is 1. The van der Waals surface area contributed by atoms with Crippen LogP contribution in [0.5, 0.6) is 5.75 Å². The van der Waals surface area contributed by atoms with E-state index in [0.717, 1.165) is 23.2 Å². The van der Waals surface area contributed by atoms with Crippen LogP contribution in [0.4, 0.5) is 0 Å². The van der Waals surface area contributed by atoms with E-state index in [1.807, 2.05) is 29.8 Å². The van der Waals surface area contributed by atoms with Crippen LogP contribution in [-0.4, -0.2) is 22.7 Å². The first-order valence-electron chi connectivity index (χ1n) is 5.05. The lowest BCUT2D eigenvalue weighted by Gasteiger charge is -2.04. The van der Waals surface area contributed by atoms with Crippen molar-refractivity contribution in [1.82, 2.24) is 9.55 Å². The summed E-state index contributed by atoms with van der Waals surface area (Å²) in [7, 11) is 1.98. The minimum atomic E-state index is 0.659. The van der Waals surface area contributed by atoms with Crippen molar-refractivity contribution >= 4 is 11.0 Å². The number of fused-ring (bicyclic) bond motifs is 1. The van der Waals surface area contributed by atoms with Crippen LogP contribution in [-0.2, 0) is 7.05 Å². The smallest absolute Gasteiger partial charge is 0.121 e. The number of aryl methyl sites for hydroxylation is 1. The molecule has 4 heteroatoms. The van der Waals surface area contributed by atoms with Crippen LogP contribution < -0.4 is 10.5 Å². The molecule has 4 nitrogen and oxygen atoms in total. The minimum absolute atomic E-state index is 0.659. The van der Waals surface area contributed by atoms with Gasteiger partial charge in [-0.2, -0.15) is 0 Å². The summed E-state index contributed by atoms with van der Waals surface area (Å²) in [6, 6.07) is 5.92. The van der Waals surface area contributed by atoms with Crippen molar-refractivity contribution in [3.63, 3.8) is 0 Å². The van der Waals surface area contributed by atoms with E-state index in [9.17, 15) is 0 Å². The fourth-order valence-electron chi connectivity index (χ4n) is 1.48. The first-order valence-corrected chi connectivity index (χ1v) is 5.05. The quantitative estimate of drug-likeness (QED) is 0.765. The monoisotopic (exact) mass is 205 g/mol. The molecule has 0 saturated heterocycles. The largest absolute Gasteiger partial charge is 0.493 e. The maximum atomic E-state index is 5.53. The molecule has 2 N–H and O–H groups in total. The van der Waals surface area contributed by atoms with Gasteiger partial charge in [0.25, 0.3) is 0 Å². The molecule has 1 aromatic carbocycles. The zero-order chi connectivity index (χ0) is 10.7. The van der Waals surface area contributed by atoms with Crippen LogP contribution in [0.1, 0.15) is 6.42 Å². The molecule has 1 heterocycles. The van der Waals surface area contributed by atoms with Gasteiger partial charge in [-0.3, -0.25) is 0 Å². The molecule has 0 aliphatic rings. The Morgan fingerprint density at radius 3 is 3.13 bits per heavy atom. The van der Waals surface area contributed by atoms with Crippen molar-refractivity contribution in [1.29, 1.82) is 0 Å². The lowest BCUT2D eigenvalue weighted by molar-refractivity contribution is 0.314. The van der Waals surface area contributed by atoms with Gasteiger partial charge in [0.15, 0.2) is 0 Å². The highest BCUT2D eigenvalue weighted by Gasteiger charge is 2.01. The zero-order valence-electron chi connectivity index (χ0n) is 8.81. The van der Waals surface area contributed by atoms with Crippen molar-refractivity contribution < 1.29 is 4.74 Å². The van der Waals surface area contributed by atoms with Crippen molar-refractivity contribution in [2.24, 2.45) is 12.8 Å². The van der Waals surface area contributed by atoms with E-state index in [0.29, 0.717) is 13.2 Å². The summed E-state index contributed by atoms with van der Waals surface area (Å²) in [5, 5.41) is 0. The molecule has 0 spiro atoms. The Bertz CT molecular complexity index is 450. The van der Waals surface area contributed by atoms with Crippen LogP contribution in [0.2, 0.25) is 0 Å². The molecular formula is C11H15N3O. The highest BCUT2D eigenvalue weighted by atomic mass is 16.5. The van der Waals surface area contributed by atoms with Gasteiger partial charge in [0.05, 0.1) is 24.0 Å². The highest BCUT2D eigenvalue weighted by molar-refractivity contribution is 5.76. The predicted molar refractivity (Wildman–Crippen MR) is 59.9 cm³/mol. The summed E-state index contributed by atoms with van der Waals surface area (Å²) in [6.45, 7) is 1.32. The van der Waals surface area contributed by atoms with Gasteiger partial charge < -0.3 is 15.0 Å². The zero-order valence-corrected chi connectivity index (χ0v) is 8.81. The average molecular weight is 205 g/mol. The van der Waals surface area contributed by atoms with Crippen molar-refractivity contribution in [2.75, 3.05) is 13.2 Å². The fraction of sp³-hybridized carbons (Fsp3) is 0.364. The lowest BCUT2D eigenvalue weighted by atomic mass is 10.3. The van der Waals surface area contributed by atoms with Crippen molar-refractivity contribution in [3.05, 3.63) is 24.5 Å². The van der Waals surface area contributed by atoms with E-state index in [1.54, 1.807) is 6.33 Å². The summed E-state index contributed by atoms with van der Waals surface area (Å²) in [5.41, 5.74) is 7.46. The summed E-state index contributed by atoms with van der Waals surface area (Å²) in [4.78, 5) is 4.27. The van der Waals surface area contributed by atoms with Gasteiger partial charge in [0.1, 0.15) is 5.75 Å². The molecule has 15 heavy (non-hydrogen) atoms. The Hall–Kier alpha value is -1.55. The molecule has 0 aliphatic carbocycles. The van der Waals surface area contributed by atoms with Gasteiger partial charge in [0.2, 0.25) is 0 Å². The number of benzene rings is 1. The van der Waals surface area contributed by atoms with Gasteiger partial charge in [-0.05, 0) is 25.1 Å². The predicted octanol–water partition coefficient (Wildman–Crippen LogP) is 1.30. The standard InChI is InChI=1S/C11H15N3O/c1-14-8-13-10-7-9(3-4-11(10)14)15-6-2-5-12/h3-4,7-8H,2,5-6,12H2,1H3. The summed E-state index contributed by atoms with van der Waals surface area (Å²) in [6.07, 6.45) is 2.68. The van der Waals surface area contributed by atoms with Crippen LogP contribution in [0, 0.1) is 0 Å². The third-order valence-electron chi connectivity index (χ3n) is 2.31. The van der Waals surface area contributed by atoms with Crippen molar-refractivity contribution in [2.45, 2.75) is 6.42 Å². The SMILES string of the molecule is Cn1cnc2cc(OCCCN)ccc21. The molecule has 2 rings (SSSR count). The van der Waals surface area contributed by atoms with E-state index in [-0.39, 0.29) is 0 Å². The molecule has 0 unspecified atom stereocenters. The number of aromatic nitrogens is 2. The van der Waals surface area contributed by atoms with Gasteiger partial charge in [-0.15, -0.1) is 0 Å². The van der Waals surface area contributed by atoms with Gasteiger partial charge in [-0.25, -0.2) is 4.98 Å². The maximum absolute atomic E-state index is 5.53. The molecule has 1 aromatic heterocycles. The van der Waals surface area contributed by atoms with Gasteiger partial charge in [-0.1, -0.05) is 0 Å². The van der Waals surface area contributed by atoms with Crippen LogP contribution >= 0.6 is 0 Å². The third-order valence-corrected chi connectivity index (χ3v) is 2.31. The molecular weight excluding hydrogens is 190 g/mol. The number of hydrogen-bond donors (Lipinski definition) is 1. The summed E-state index contributed by atoms with van der Waals surface area (Å²) in [5.74, 6) is 0.856. The molecule has 2 aromatic rings. The number of hydrogen-bond acceptors (Lipinski definition) is 3. The van der Waals surface area contributed by atoms with Crippen LogP contribution in [0.25, 0.3) is 11.0 Å². The molecule has 0 aliphatic heterocycles. The number of rotatable bonds is 4. The van der Waals surface area contributed by atoms with E-state index in [4.69, 9.17) is 10.5 Å². The van der Waals surface area contributed by atoms with Crippen LogP contribution in [0.15, 0.2) is 24.5 Å². The Labute approximate surface area is 88.7 Å². The molecule has 0 bridgehead atoms. The first-order chi connectivity index (χ1) is 7.31. The first kappa shape index (κ1) is 9.98. The molecule has 80 valence electrons. The minimum Gasteiger partial charge on any atom is -0.493 e. The second kappa shape index (κ2) is 4.31.